The highest BCUT2D eigenvalue weighted by Crippen LogP contribution is 2.02. The lowest BCUT2D eigenvalue weighted by Gasteiger charge is -2.19. The summed E-state index contributed by atoms with van der Waals surface area (Å²) < 4.78 is 5.34. The van der Waals surface area contributed by atoms with Gasteiger partial charge in [0.25, 0.3) is 0 Å². The molecule has 1 unspecified atom stereocenters. The molecular weight excluding hydrogens is 114 g/mol. The Balaban J connectivity index is 2.32. The minimum atomic E-state index is 0.604. The van der Waals surface area contributed by atoms with Crippen LogP contribution in [0.5, 0.6) is 0 Å². The zero-order chi connectivity index (χ0) is 6.69. The van der Waals surface area contributed by atoms with E-state index in [1.807, 2.05) is 0 Å². The third-order valence-corrected chi connectivity index (χ3v) is 1.91. The van der Waals surface area contributed by atoms with Crippen LogP contribution in [0.25, 0.3) is 0 Å². The van der Waals surface area contributed by atoms with Crippen LogP contribution in [-0.4, -0.2) is 37.7 Å². The molecule has 0 aliphatic carbocycles. The van der Waals surface area contributed by atoms with Gasteiger partial charge in [-0.05, 0) is 20.4 Å². The molecule has 0 aromatic heterocycles. The molecule has 1 atom stereocenters. The maximum absolute atomic E-state index is 5.34. The fraction of sp³-hybridized carbons (Fsp3) is 1.00. The van der Waals surface area contributed by atoms with Gasteiger partial charge in [0.1, 0.15) is 0 Å². The van der Waals surface area contributed by atoms with Gasteiger partial charge in [0, 0.05) is 19.2 Å². The van der Waals surface area contributed by atoms with Crippen LogP contribution >= 0.6 is 0 Å². The van der Waals surface area contributed by atoms with Gasteiger partial charge >= 0.3 is 0 Å². The SMILES string of the molecule is CC1COCCCN1C. The predicted octanol–water partition coefficient (Wildman–Crippen LogP) is 0.727. The molecule has 0 N–H and O–H groups in total. The van der Waals surface area contributed by atoms with Gasteiger partial charge in [0.05, 0.1) is 6.61 Å². The number of hydrogen-bond acceptors (Lipinski definition) is 2. The fourth-order valence-corrected chi connectivity index (χ4v) is 1.02. The fourth-order valence-electron chi connectivity index (χ4n) is 1.02. The number of nitrogens with zero attached hydrogens (tertiary/aromatic N) is 1. The van der Waals surface area contributed by atoms with Gasteiger partial charge in [0.15, 0.2) is 0 Å². The third kappa shape index (κ3) is 1.95. The molecule has 1 rings (SSSR count). The molecule has 9 heavy (non-hydrogen) atoms. The number of ether oxygens (including phenoxy) is 1. The lowest BCUT2D eigenvalue weighted by Crippen LogP contribution is -2.30. The summed E-state index contributed by atoms with van der Waals surface area (Å²) in [5, 5.41) is 0. The summed E-state index contributed by atoms with van der Waals surface area (Å²) >= 11 is 0. The quantitative estimate of drug-likeness (QED) is 0.478. The highest BCUT2D eigenvalue weighted by molar-refractivity contribution is 4.64. The van der Waals surface area contributed by atoms with Crippen LogP contribution in [0.3, 0.4) is 0 Å². The molecule has 0 amide bonds. The molecule has 0 spiro atoms. The van der Waals surface area contributed by atoms with Gasteiger partial charge in [0.2, 0.25) is 0 Å². The van der Waals surface area contributed by atoms with Gasteiger partial charge in [-0.1, -0.05) is 0 Å². The monoisotopic (exact) mass is 129 g/mol. The van der Waals surface area contributed by atoms with Crippen LogP contribution in [-0.2, 0) is 4.74 Å². The van der Waals surface area contributed by atoms with Gasteiger partial charge < -0.3 is 9.64 Å². The zero-order valence-electron chi connectivity index (χ0n) is 6.26. The smallest absolute Gasteiger partial charge is 0.0619 e. The number of likely N-dealkylation sites (N-methyl/N-ethyl adjacent to an activating group) is 1. The first-order valence-electron chi connectivity index (χ1n) is 3.58. The summed E-state index contributed by atoms with van der Waals surface area (Å²) in [4.78, 5) is 2.34. The average Bonchev–Trinajstić information content (AvgIpc) is 1.99. The van der Waals surface area contributed by atoms with Crippen LogP contribution in [0, 0.1) is 0 Å². The Morgan fingerprint density at radius 2 is 2.33 bits per heavy atom. The van der Waals surface area contributed by atoms with E-state index in [0.717, 1.165) is 13.2 Å². The largest absolute Gasteiger partial charge is 0.380 e. The van der Waals surface area contributed by atoms with Crippen molar-refractivity contribution in [1.82, 2.24) is 4.90 Å². The standard InChI is InChI=1S/C7H15NO/c1-7-6-9-5-3-4-8(7)2/h7H,3-6H2,1-2H3. The van der Waals surface area contributed by atoms with Gasteiger partial charge in [-0.15, -0.1) is 0 Å². The first kappa shape index (κ1) is 7.03. The zero-order valence-corrected chi connectivity index (χ0v) is 6.26. The van der Waals surface area contributed by atoms with Gasteiger partial charge in [-0.2, -0.15) is 0 Å². The Morgan fingerprint density at radius 1 is 1.56 bits per heavy atom. The molecule has 1 saturated heterocycles. The summed E-state index contributed by atoms with van der Waals surface area (Å²) in [5.74, 6) is 0. The van der Waals surface area contributed by atoms with E-state index < -0.39 is 0 Å². The topological polar surface area (TPSA) is 12.5 Å². The van der Waals surface area contributed by atoms with Gasteiger partial charge in [-0.3, -0.25) is 0 Å². The summed E-state index contributed by atoms with van der Waals surface area (Å²) in [6.45, 7) is 5.22. The van der Waals surface area contributed by atoms with Gasteiger partial charge in [-0.25, -0.2) is 0 Å². The van der Waals surface area contributed by atoms with Crippen molar-refractivity contribution in [3.8, 4) is 0 Å². The second-order valence-corrected chi connectivity index (χ2v) is 2.76. The van der Waals surface area contributed by atoms with Crippen LogP contribution in [0.4, 0.5) is 0 Å². The average molecular weight is 129 g/mol. The van der Waals surface area contributed by atoms with E-state index in [2.05, 4.69) is 18.9 Å². The summed E-state index contributed by atoms with van der Waals surface area (Å²) in [5.41, 5.74) is 0. The molecule has 1 heterocycles. The molecule has 0 radical (unpaired) electrons. The molecule has 0 saturated carbocycles. The predicted molar refractivity (Wildman–Crippen MR) is 37.5 cm³/mol. The minimum absolute atomic E-state index is 0.604. The Labute approximate surface area is 56.8 Å². The second-order valence-electron chi connectivity index (χ2n) is 2.76. The van der Waals surface area contributed by atoms with Crippen molar-refractivity contribution in [1.29, 1.82) is 0 Å². The molecular formula is C7H15NO. The van der Waals surface area contributed by atoms with Crippen LogP contribution < -0.4 is 0 Å². The first-order valence-corrected chi connectivity index (χ1v) is 3.58. The minimum Gasteiger partial charge on any atom is -0.380 e. The molecule has 0 aromatic rings. The van der Waals surface area contributed by atoms with E-state index in [1.165, 1.54) is 13.0 Å². The van der Waals surface area contributed by atoms with E-state index in [1.54, 1.807) is 0 Å². The summed E-state index contributed by atoms with van der Waals surface area (Å²) in [6.07, 6.45) is 1.18. The normalized spacial score (nSPS) is 32.0. The molecule has 0 aromatic carbocycles. The van der Waals surface area contributed by atoms with E-state index in [0.29, 0.717) is 6.04 Å². The van der Waals surface area contributed by atoms with Crippen molar-refractivity contribution < 1.29 is 4.74 Å². The number of hydrogen-bond donors (Lipinski definition) is 0. The van der Waals surface area contributed by atoms with Crippen molar-refractivity contribution in [3.63, 3.8) is 0 Å². The maximum Gasteiger partial charge on any atom is 0.0619 e. The van der Waals surface area contributed by atoms with Crippen molar-refractivity contribution in [2.45, 2.75) is 19.4 Å². The Bertz CT molecular complexity index is 75.0. The Kier molecular flexibility index (Phi) is 2.49. The van der Waals surface area contributed by atoms with Crippen LogP contribution in [0.1, 0.15) is 13.3 Å². The van der Waals surface area contributed by atoms with Crippen molar-refractivity contribution in [2.75, 3.05) is 26.8 Å². The maximum atomic E-state index is 5.34. The Hall–Kier alpha value is -0.0800. The first-order chi connectivity index (χ1) is 4.30. The lowest BCUT2D eigenvalue weighted by atomic mass is 10.3. The Morgan fingerprint density at radius 3 is 3.11 bits per heavy atom. The van der Waals surface area contributed by atoms with E-state index in [9.17, 15) is 0 Å². The van der Waals surface area contributed by atoms with Crippen molar-refractivity contribution in [3.05, 3.63) is 0 Å². The molecule has 54 valence electrons. The van der Waals surface area contributed by atoms with Crippen molar-refractivity contribution >= 4 is 0 Å². The van der Waals surface area contributed by atoms with E-state index >= 15 is 0 Å². The highest BCUT2D eigenvalue weighted by atomic mass is 16.5. The summed E-state index contributed by atoms with van der Waals surface area (Å²) in [6, 6.07) is 0.604. The molecule has 1 fully saturated rings. The third-order valence-electron chi connectivity index (χ3n) is 1.91. The van der Waals surface area contributed by atoms with Crippen LogP contribution in [0.2, 0.25) is 0 Å². The molecule has 2 heteroatoms. The number of rotatable bonds is 0. The van der Waals surface area contributed by atoms with E-state index in [-0.39, 0.29) is 0 Å². The lowest BCUT2D eigenvalue weighted by molar-refractivity contribution is 0.116. The summed E-state index contributed by atoms with van der Waals surface area (Å²) in [7, 11) is 2.15. The van der Waals surface area contributed by atoms with Crippen molar-refractivity contribution in [2.24, 2.45) is 0 Å². The molecule has 1 aliphatic rings. The molecule has 2 nitrogen and oxygen atoms in total. The van der Waals surface area contributed by atoms with E-state index in [4.69, 9.17) is 4.74 Å². The molecule has 0 bridgehead atoms. The highest BCUT2D eigenvalue weighted by Gasteiger charge is 2.11. The second kappa shape index (κ2) is 3.18. The van der Waals surface area contributed by atoms with Crippen LogP contribution in [0.15, 0.2) is 0 Å². The molecule has 1 aliphatic heterocycles.